The van der Waals surface area contributed by atoms with Gasteiger partial charge in [-0.15, -0.1) is 0 Å². The first-order valence-electron chi connectivity index (χ1n) is 9.51. The van der Waals surface area contributed by atoms with E-state index in [1.165, 1.54) is 11.1 Å². The molecule has 4 heteroatoms. The number of benzene rings is 2. The molecule has 2 unspecified atom stereocenters. The molecule has 0 amide bonds. The normalized spacial score (nSPS) is 20.4. The summed E-state index contributed by atoms with van der Waals surface area (Å²) < 4.78 is 17.3. The van der Waals surface area contributed by atoms with E-state index in [4.69, 9.17) is 14.2 Å². The van der Waals surface area contributed by atoms with E-state index in [0.29, 0.717) is 12.5 Å². The van der Waals surface area contributed by atoms with Gasteiger partial charge in [0.05, 0.1) is 20.8 Å². The molecule has 1 aliphatic rings. The lowest BCUT2D eigenvalue weighted by molar-refractivity contribution is 0.0389. The van der Waals surface area contributed by atoms with E-state index in [2.05, 4.69) is 75.2 Å². The van der Waals surface area contributed by atoms with E-state index in [1.54, 1.807) is 14.2 Å². The Morgan fingerprint density at radius 1 is 1.11 bits per heavy atom. The van der Waals surface area contributed by atoms with Gasteiger partial charge in [0.25, 0.3) is 0 Å². The fourth-order valence-electron chi connectivity index (χ4n) is 3.69. The van der Waals surface area contributed by atoms with Gasteiger partial charge in [-0.2, -0.15) is 0 Å². The highest BCUT2D eigenvalue weighted by molar-refractivity contribution is 5.49. The predicted octanol–water partition coefficient (Wildman–Crippen LogP) is 4.79. The Balaban J connectivity index is 2.00. The lowest BCUT2D eigenvalue weighted by Gasteiger charge is -2.30. The lowest BCUT2D eigenvalue weighted by Crippen LogP contribution is -2.38. The molecular formula is C23H31NO3. The van der Waals surface area contributed by atoms with E-state index in [-0.39, 0.29) is 11.8 Å². The fraction of sp³-hybridized carbons (Fsp3) is 0.478. The van der Waals surface area contributed by atoms with Crippen molar-refractivity contribution >= 4 is 0 Å². The zero-order valence-electron chi connectivity index (χ0n) is 17.3. The van der Waals surface area contributed by atoms with Gasteiger partial charge in [0.15, 0.2) is 11.5 Å². The summed E-state index contributed by atoms with van der Waals surface area (Å²) in [5, 5.41) is 0. The number of hydrogen-bond donors (Lipinski definition) is 0. The zero-order valence-corrected chi connectivity index (χ0v) is 17.3. The highest BCUT2D eigenvalue weighted by atomic mass is 16.5. The van der Waals surface area contributed by atoms with Crippen LogP contribution in [0.4, 0.5) is 0 Å². The Hall–Kier alpha value is -2.04. The van der Waals surface area contributed by atoms with Crippen LogP contribution in [-0.2, 0) is 11.2 Å². The molecule has 2 atom stereocenters. The second-order valence-electron chi connectivity index (χ2n) is 8.01. The molecule has 27 heavy (non-hydrogen) atoms. The van der Waals surface area contributed by atoms with Crippen molar-refractivity contribution in [1.29, 1.82) is 0 Å². The smallest absolute Gasteiger partial charge is 0.161 e. The van der Waals surface area contributed by atoms with Crippen LogP contribution in [0, 0.1) is 0 Å². The lowest BCUT2D eigenvalue weighted by atomic mass is 9.90. The standard InChI is InChI=1S/C23H31NO3/c1-16(17-10-8-7-9-11-17)12-18-13-20(25-5)21(26-6)14-19(18)22-24(4)23(2,3)15-27-22/h7-11,13-14,16,22H,12,15H2,1-6H3. The summed E-state index contributed by atoms with van der Waals surface area (Å²) in [5.41, 5.74) is 3.72. The van der Waals surface area contributed by atoms with E-state index in [9.17, 15) is 0 Å². The summed E-state index contributed by atoms with van der Waals surface area (Å²) >= 11 is 0. The SMILES string of the molecule is COc1cc(CC(C)c2ccccc2)c(C2OCC(C)(C)N2C)cc1OC. The molecule has 146 valence electrons. The quantitative estimate of drug-likeness (QED) is 0.733. The molecule has 2 aromatic rings. The molecule has 0 radical (unpaired) electrons. The minimum atomic E-state index is -0.0854. The van der Waals surface area contributed by atoms with Crippen LogP contribution in [0.2, 0.25) is 0 Å². The first-order chi connectivity index (χ1) is 12.9. The van der Waals surface area contributed by atoms with Crippen molar-refractivity contribution in [2.24, 2.45) is 0 Å². The molecule has 2 aromatic carbocycles. The first-order valence-corrected chi connectivity index (χ1v) is 9.51. The molecular weight excluding hydrogens is 338 g/mol. The molecule has 0 N–H and O–H groups in total. The molecule has 1 heterocycles. The van der Waals surface area contributed by atoms with Gasteiger partial charge in [-0.3, -0.25) is 4.90 Å². The van der Waals surface area contributed by atoms with Crippen LogP contribution in [0.15, 0.2) is 42.5 Å². The van der Waals surface area contributed by atoms with Crippen molar-refractivity contribution in [3.63, 3.8) is 0 Å². The molecule has 0 aliphatic carbocycles. The van der Waals surface area contributed by atoms with Gasteiger partial charge in [0.2, 0.25) is 0 Å². The van der Waals surface area contributed by atoms with Gasteiger partial charge in [-0.25, -0.2) is 0 Å². The maximum atomic E-state index is 6.20. The third kappa shape index (κ3) is 3.97. The van der Waals surface area contributed by atoms with Crippen LogP contribution in [0.3, 0.4) is 0 Å². The third-order valence-corrected chi connectivity index (χ3v) is 5.71. The Kier molecular flexibility index (Phi) is 5.78. The van der Waals surface area contributed by atoms with Gasteiger partial charge in [-0.05, 0) is 56.5 Å². The summed E-state index contributed by atoms with van der Waals surface area (Å²) in [5.74, 6) is 1.89. The molecule has 1 aliphatic heterocycles. The molecule has 0 spiro atoms. The molecule has 0 saturated carbocycles. The Morgan fingerprint density at radius 2 is 1.74 bits per heavy atom. The van der Waals surface area contributed by atoms with Crippen LogP contribution in [-0.4, -0.2) is 38.3 Å². The van der Waals surface area contributed by atoms with Gasteiger partial charge in [-0.1, -0.05) is 37.3 Å². The van der Waals surface area contributed by atoms with Crippen molar-refractivity contribution in [3.05, 3.63) is 59.2 Å². The number of methoxy groups -OCH3 is 2. The second-order valence-corrected chi connectivity index (χ2v) is 8.01. The van der Waals surface area contributed by atoms with Crippen molar-refractivity contribution in [2.75, 3.05) is 27.9 Å². The van der Waals surface area contributed by atoms with E-state index in [0.717, 1.165) is 23.5 Å². The van der Waals surface area contributed by atoms with Crippen LogP contribution < -0.4 is 9.47 Å². The third-order valence-electron chi connectivity index (χ3n) is 5.71. The highest BCUT2D eigenvalue weighted by Gasteiger charge is 2.39. The van der Waals surface area contributed by atoms with E-state index < -0.39 is 0 Å². The van der Waals surface area contributed by atoms with Gasteiger partial charge in [0, 0.05) is 11.1 Å². The molecule has 0 aromatic heterocycles. The summed E-state index contributed by atoms with van der Waals surface area (Å²) in [6, 6.07) is 14.8. The number of likely N-dealkylation sites (N-methyl/N-ethyl adjacent to an activating group) is 1. The number of nitrogens with zero attached hydrogens (tertiary/aromatic N) is 1. The zero-order chi connectivity index (χ0) is 19.6. The van der Waals surface area contributed by atoms with Crippen LogP contribution in [0.1, 0.15) is 49.6 Å². The maximum absolute atomic E-state index is 6.20. The van der Waals surface area contributed by atoms with Crippen molar-refractivity contribution in [1.82, 2.24) is 4.90 Å². The maximum Gasteiger partial charge on any atom is 0.161 e. The number of rotatable bonds is 6. The average molecular weight is 370 g/mol. The van der Waals surface area contributed by atoms with Crippen LogP contribution >= 0.6 is 0 Å². The van der Waals surface area contributed by atoms with Gasteiger partial charge in [0.1, 0.15) is 6.23 Å². The summed E-state index contributed by atoms with van der Waals surface area (Å²) in [7, 11) is 5.49. The van der Waals surface area contributed by atoms with Crippen molar-refractivity contribution < 1.29 is 14.2 Å². The second kappa shape index (κ2) is 7.91. The van der Waals surface area contributed by atoms with E-state index in [1.807, 2.05) is 0 Å². The highest BCUT2D eigenvalue weighted by Crippen LogP contribution is 2.41. The predicted molar refractivity (Wildman–Crippen MR) is 109 cm³/mol. The molecule has 4 nitrogen and oxygen atoms in total. The minimum Gasteiger partial charge on any atom is -0.493 e. The Labute approximate surface area is 163 Å². The van der Waals surface area contributed by atoms with Crippen LogP contribution in [0.5, 0.6) is 11.5 Å². The molecule has 1 saturated heterocycles. The van der Waals surface area contributed by atoms with Gasteiger partial charge < -0.3 is 14.2 Å². The summed E-state index contributed by atoms with van der Waals surface area (Å²) in [6.45, 7) is 7.38. The fourth-order valence-corrected chi connectivity index (χ4v) is 3.69. The van der Waals surface area contributed by atoms with Crippen molar-refractivity contribution in [2.45, 2.75) is 44.9 Å². The van der Waals surface area contributed by atoms with Gasteiger partial charge >= 0.3 is 0 Å². The first kappa shape index (κ1) is 19.7. The van der Waals surface area contributed by atoms with Crippen molar-refractivity contribution in [3.8, 4) is 11.5 Å². The Bertz CT molecular complexity index is 773. The number of ether oxygens (including phenoxy) is 3. The topological polar surface area (TPSA) is 30.9 Å². The molecule has 1 fully saturated rings. The van der Waals surface area contributed by atoms with E-state index >= 15 is 0 Å². The average Bonchev–Trinajstić information content (AvgIpc) is 2.95. The van der Waals surface area contributed by atoms with Crippen LogP contribution in [0.25, 0.3) is 0 Å². The largest absolute Gasteiger partial charge is 0.493 e. The molecule has 3 rings (SSSR count). The monoisotopic (exact) mass is 369 g/mol. The Morgan fingerprint density at radius 3 is 2.30 bits per heavy atom. The summed E-state index contributed by atoms with van der Waals surface area (Å²) in [6.07, 6.45) is 0.825. The molecule has 0 bridgehead atoms. The summed E-state index contributed by atoms with van der Waals surface area (Å²) in [4.78, 5) is 2.30. The minimum absolute atomic E-state index is 0.000144. The number of hydrogen-bond acceptors (Lipinski definition) is 4.